The monoisotopic (exact) mass is 264 g/mol. The van der Waals surface area contributed by atoms with Crippen LogP contribution in [0.3, 0.4) is 0 Å². The third kappa shape index (κ3) is 1.87. The number of hydrogen-bond acceptors (Lipinski definition) is 2. The van der Waals surface area contributed by atoms with E-state index in [1.807, 2.05) is 12.1 Å². The van der Waals surface area contributed by atoms with Crippen LogP contribution in [-0.4, -0.2) is 16.7 Å². The number of benzene rings is 1. The van der Waals surface area contributed by atoms with Crippen molar-refractivity contribution in [2.45, 2.75) is 37.6 Å². The largest absolute Gasteiger partial charge is 0.497 e. The summed E-state index contributed by atoms with van der Waals surface area (Å²) < 4.78 is 7.63. The van der Waals surface area contributed by atoms with Crippen LogP contribution in [0.5, 0.6) is 5.75 Å². The van der Waals surface area contributed by atoms with Crippen molar-refractivity contribution >= 4 is 22.6 Å². The molecule has 1 aromatic heterocycles. The Balaban J connectivity index is 2.17. The minimum Gasteiger partial charge on any atom is -0.497 e. The van der Waals surface area contributed by atoms with Gasteiger partial charge in [-0.1, -0.05) is 12.8 Å². The molecule has 1 aliphatic carbocycles. The molecule has 0 bridgehead atoms. The molecular weight excluding hydrogens is 248 g/mol. The Bertz CT molecular complexity index is 558. The molecule has 3 rings (SSSR count). The van der Waals surface area contributed by atoms with Crippen molar-refractivity contribution in [3.8, 4) is 5.75 Å². The van der Waals surface area contributed by atoms with E-state index in [1.165, 1.54) is 25.7 Å². The van der Waals surface area contributed by atoms with Crippen molar-refractivity contribution in [1.82, 2.24) is 9.55 Å². The number of aromatic nitrogens is 2. The molecule has 0 unspecified atom stereocenters. The second kappa shape index (κ2) is 4.81. The van der Waals surface area contributed by atoms with E-state index in [-0.39, 0.29) is 0 Å². The van der Waals surface area contributed by atoms with Gasteiger partial charge in [-0.2, -0.15) is 0 Å². The SMILES string of the molecule is COc1ccc2nc(CCl)n(C3CCCC3)c2c1. The van der Waals surface area contributed by atoms with Gasteiger partial charge in [0.25, 0.3) is 0 Å². The standard InChI is InChI=1S/C14H17ClN2O/c1-18-11-6-7-12-13(8-11)17(14(9-15)16-12)10-4-2-3-5-10/h6-8,10H,2-5,9H2,1H3. The van der Waals surface area contributed by atoms with Gasteiger partial charge in [0.05, 0.1) is 24.0 Å². The molecule has 1 heterocycles. The lowest BCUT2D eigenvalue weighted by molar-refractivity contribution is 0.415. The van der Waals surface area contributed by atoms with Gasteiger partial charge in [-0.05, 0) is 25.0 Å². The van der Waals surface area contributed by atoms with E-state index in [0.717, 1.165) is 22.6 Å². The highest BCUT2D eigenvalue weighted by Crippen LogP contribution is 2.35. The number of alkyl halides is 1. The van der Waals surface area contributed by atoms with Gasteiger partial charge in [-0.3, -0.25) is 0 Å². The second-order valence-corrected chi connectivity index (χ2v) is 5.09. The zero-order chi connectivity index (χ0) is 12.5. The van der Waals surface area contributed by atoms with Gasteiger partial charge in [0.15, 0.2) is 0 Å². The topological polar surface area (TPSA) is 27.1 Å². The number of rotatable bonds is 3. The molecule has 0 atom stereocenters. The highest BCUT2D eigenvalue weighted by molar-refractivity contribution is 6.16. The Hall–Kier alpha value is -1.22. The quantitative estimate of drug-likeness (QED) is 0.786. The number of halogens is 1. The van der Waals surface area contributed by atoms with Crippen molar-refractivity contribution in [3.63, 3.8) is 0 Å². The molecule has 0 N–H and O–H groups in total. The number of methoxy groups -OCH3 is 1. The zero-order valence-electron chi connectivity index (χ0n) is 10.5. The highest BCUT2D eigenvalue weighted by atomic mass is 35.5. The third-order valence-electron chi connectivity index (χ3n) is 3.78. The number of fused-ring (bicyclic) bond motifs is 1. The molecule has 0 radical (unpaired) electrons. The predicted octanol–water partition coefficient (Wildman–Crippen LogP) is 3.90. The first kappa shape index (κ1) is 11.8. The predicted molar refractivity (Wildman–Crippen MR) is 73.3 cm³/mol. The van der Waals surface area contributed by atoms with E-state index >= 15 is 0 Å². The molecule has 0 spiro atoms. The normalized spacial score (nSPS) is 16.6. The van der Waals surface area contributed by atoms with Gasteiger partial charge >= 0.3 is 0 Å². The summed E-state index contributed by atoms with van der Waals surface area (Å²) in [7, 11) is 1.69. The van der Waals surface area contributed by atoms with Crippen molar-refractivity contribution in [2.24, 2.45) is 0 Å². The van der Waals surface area contributed by atoms with Crippen molar-refractivity contribution < 1.29 is 4.74 Å². The lowest BCUT2D eigenvalue weighted by Crippen LogP contribution is -2.08. The molecule has 0 amide bonds. The average molecular weight is 265 g/mol. The van der Waals surface area contributed by atoms with Crippen molar-refractivity contribution in [1.29, 1.82) is 0 Å². The van der Waals surface area contributed by atoms with Crippen LogP contribution in [0.2, 0.25) is 0 Å². The minimum absolute atomic E-state index is 0.466. The maximum absolute atomic E-state index is 6.04. The van der Waals surface area contributed by atoms with Crippen LogP contribution in [0.15, 0.2) is 18.2 Å². The fourth-order valence-electron chi connectivity index (χ4n) is 2.91. The molecular formula is C14H17ClN2O. The van der Waals surface area contributed by atoms with Gasteiger partial charge < -0.3 is 9.30 Å². The fourth-order valence-corrected chi connectivity index (χ4v) is 3.10. The molecule has 1 aliphatic rings. The van der Waals surface area contributed by atoms with Crippen LogP contribution in [0.25, 0.3) is 11.0 Å². The summed E-state index contributed by atoms with van der Waals surface area (Å²) in [6.45, 7) is 0. The van der Waals surface area contributed by atoms with Gasteiger partial charge in [-0.25, -0.2) is 4.98 Å². The molecule has 1 aromatic carbocycles. The fraction of sp³-hybridized carbons (Fsp3) is 0.500. The molecule has 0 aliphatic heterocycles. The summed E-state index contributed by atoms with van der Waals surface area (Å²) in [6.07, 6.45) is 5.06. The van der Waals surface area contributed by atoms with Crippen LogP contribution in [-0.2, 0) is 5.88 Å². The molecule has 2 aromatic rings. The average Bonchev–Trinajstić information content (AvgIpc) is 3.03. The number of ether oxygens (including phenoxy) is 1. The van der Waals surface area contributed by atoms with Crippen LogP contribution in [0.4, 0.5) is 0 Å². The maximum Gasteiger partial charge on any atom is 0.125 e. The van der Waals surface area contributed by atoms with E-state index in [9.17, 15) is 0 Å². The van der Waals surface area contributed by atoms with Gasteiger partial charge in [0.1, 0.15) is 11.6 Å². The van der Waals surface area contributed by atoms with Crippen molar-refractivity contribution in [3.05, 3.63) is 24.0 Å². The van der Waals surface area contributed by atoms with Crippen molar-refractivity contribution in [2.75, 3.05) is 7.11 Å². The van der Waals surface area contributed by atoms with Gasteiger partial charge in [-0.15, -0.1) is 11.6 Å². The number of nitrogens with zero attached hydrogens (tertiary/aromatic N) is 2. The highest BCUT2D eigenvalue weighted by Gasteiger charge is 2.22. The number of hydrogen-bond donors (Lipinski definition) is 0. The Morgan fingerprint density at radius 2 is 2.17 bits per heavy atom. The minimum atomic E-state index is 0.466. The summed E-state index contributed by atoms with van der Waals surface area (Å²) >= 11 is 6.04. The summed E-state index contributed by atoms with van der Waals surface area (Å²) in [6, 6.07) is 6.58. The van der Waals surface area contributed by atoms with Crippen LogP contribution >= 0.6 is 11.6 Å². The number of imidazole rings is 1. The first-order valence-electron chi connectivity index (χ1n) is 6.44. The Kier molecular flexibility index (Phi) is 3.16. The van der Waals surface area contributed by atoms with Crippen LogP contribution < -0.4 is 4.74 Å². The second-order valence-electron chi connectivity index (χ2n) is 4.82. The molecule has 18 heavy (non-hydrogen) atoms. The maximum atomic E-state index is 6.04. The zero-order valence-corrected chi connectivity index (χ0v) is 11.3. The molecule has 0 saturated heterocycles. The molecule has 1 fully saturated rings. The van der Waals surface area contributed by atoms with Gasteiger partial charge in [0.2, 0.25) is 0 Å². The smallest absolute Gasteiger partial charge is 0.125 e. The first-order valence-corrected chi connectivity index (χ1v) is 6.97. The summed E-state index contributed by atoms with van der Waals surface area (Å²) in [5.41, 5.74) is 2.16. The van der Waals surface area contributed by atoms with E-state index in [4.69, 9.17) is 16.3 Å². The van der Waals surface area contributed by atoms with E-state index < -0.39 is 0 Å². The van der Waals surface area contributed by atoms with E-state index in [0.29, 0.717) is 11.9 Å². The third-order valence-corrected chi connectivity index (χ3v) is 4.02. The molecule has 4 heteroatoms. The Morgan fingerprint density at radius 1 is 1.39 bits per heavy atom. The molecule has 1 saturated carbocycles. The van der Waals surface area contributed by atoms with Crippen LogP contribution in [0.1, 0.15) is 37.5 Å². The van der Waals surface area contributed by atoms with E-state index in [2.05, 4.69) is 15.6 Å². The van der Waals surface area contributed by atoms with E-state index in [1.54, 1.807) is 7.11 Å². The molecule has 96 valence electrons. The Labute approximate surface area is 112 Å². The van der Waals surface area contributed by atoms with Gasteiger partial charge in [0, 0.05) is 12.1 Å². The molecule has 3 nitrogen and oxygen atoms in total. The lowest BCUT2D eigenvalue weighted by Gasteiger charge is -2.15. The summed E-state index contributed by atoms with van der Waals surface area (Å²) in [5, 5.41) is 0. The Morgan fingerprint density at radius 3 is 2.83 bits per heavy atom. The van der Waals surface area contributed by atoms with Crippen LogP contribution in [0, 0.1) is 0 Å². The summed E-state index contributed by atoms with van der Waals surface area (Å²) in [5.74, 6) is 2.32. The first-order chi connectivity index (χ1) is 8.83. The summed E-state index contributed by atoms with van der Waals surface area (Å²) in [4.78, 5) is 4.63. The lowest BCUT2D eigenvalue weighted by atomic mass is 10.2.